The van der Waals surface area contributed by atoms with Crippen LogP contribution >= 0.6 is 0 Å². The van der Waals surface area contributed by atoms with Crippen molar-refractivity contribution in [3.63, 3.8) is 0 Å². The molecule has 2 rings (SSSR count). The topological polar surface area (TPSA) is 66.5 Å². The molecular formula is C12H22N2O3S. The Labute approximate surface area is 109 Å². The Balaban J connectivity index is 2.10. The largest absolute Gasteiger partial charge is 0.341 e. The van der Waals surface area contributed by atoms with Gasteiger partial charge in [-0.2, -0.15) is 0 Å². The summed E-state index contributed by atoms with van der Waals surface area (Å²) in [5.74, 6) is 0.131. The maximum atomic E-state index is 12.2. The minimum atomic E-state index is -3.08. The summed E-state index contributed by atoms with van der Waals surface area (Å²) in [6, 6.07) is -0.137. The Morgan fingerprint density at radius 3 is 2.33 bits per heavy atom. The van der Waals surface area contributed by atoms with Crippen molar-refractivity contribution in [1.82, 2.24) is 10.2 Å². The summed E-state index contributed by atoms with van der Waals surface area (Å²) >= 11 is 0. The zero-order valence-electron chi connectivity index (χ0n) is 11.1. The fourth-order valence-corrected chi connectivity index (χ4v) is 4.42. The lowest BCUT2D eigenvalue weighted by Crippen LogP contribution is -2.56. The van der Waals surface area contributed by atoms with Crippen molar-refractivity contribution in [2.45, 2.75) is 37.0 Å². The molecule has 0 spiro atoms. The van der Waals surface area contributed by atoms with Gasteiger partial charge in [0.15, 0.2) is 9.84 Å². The van der Waals surface area contributed by atoms with Gasteiger partial charge < -0.3 is 10.2 Å². The Morgan fingerprint density at radius 2 is 1.83 bits per heavy atom. The molecule has 2 fully saturated rings. The smallest absolute Gasteiger partial charge is 0.228 e. The molecule has 6 heteroatoms. The third-order valence-electron chi connectivity index (χ3n) is 4.19. The lowest BCUT2D eigenvalue weighted by molar-refractivity contribution is -0.138. The third-order valence-corrected chi connectivity index (χ3v) is 5.84. The third kappa shape index (κ3) is 2.69. The van der Waals surface area contributed by atoms with E-state index in [1.165, 1.54) is 6.26 Å². The minimum Gasteiger partial charge on any atom is -0.341 e. The molecule has 1 amide bonds. The van der Waals surface area contributed by atoms with Gasteiger partial charge in [-0.1, -0.05) is 12.8 Å². The first-order valence-corrected chi connectivity index (χ1v) is 8.53. The maximum Gasteiger partial charge on any atom is 0.228 e. The zero-order chi connectivity index (χ0) is 13.3. The number of carbonyl (C=O) groups excluding carboxylic acids is 1. The molecule has 2 unspecified atom stereocenters. The number of hydrogen-bond donors (Lipinski definition) is 1. The van der Waals surface area contributed by atoms with E-state index in [9.17, 15) is 13.2 Å². The highest BCUT2D eigenvalue weighted by Crippen LogP contribution is 2.28. The molecule has 2 atom stereocenters. The molecule has 5 nitrogen and oxygen atoms in total. The standard InChI is InChI=1S/C12H22N2O3S/c1-14(12(15)9-7-13-8-9)10-5-3-4-6-11(10)18(2,16)17/h9-11,13H,3-8H2,1-2H3. The van der Waals surface area contributed by atoms with E-state index >= 15 is 0 Å². The first-order chi connectivity index (χ1) is 8.41. The van der Waals surface area contributed by atoms with Gasteiger partial charge in [0.25, 0.3) is 0 Å². The van der Waals surface area contributed by atoms with Crippen LogP contribution in [0.3, 0.4) is 0 Å². The molecule has 0 radical (unpaired) electrons. The summed E-state index contributed by atoms with van der Waals surface area (Å²) < 4.78 is 23.7. The van der Waals surface area contributed by atoms with E-state index in [0.29, 0.717) is 6.42 Å². The number of amides is 1. The summed E-state index contributed by atoms with van der Waals surface area (Å²) in [6.07, 6.45) is 4.74. The van der Waals surface area contributed by atoms with Crippen LogP contribution in [0.4, 0.5) is 0 Å². The van der Waals surface area contributed by atoms with Crippen molar-refractivity contribution in [3.05, 3.63) is 0 Å². The highest BCUT2D eigenvalue weighted by atomic mass is 32.2. The van der Waals surface area contributed by atoms with Crippen LogP contribution < -0.4 is 5.32 Å². The lowest BCUT2D eigenvalue weighted by atomic mass is 9.92. The van der Waals surface area contributed by atoms with Gasteiger partial charge in [-0.15, -0.1) is 0 Å². The predicted molar refractivity (Wildman–Crippen MR) is 70.0 cm³/mol. The van der Waals surface area contributed by atoms with Crippen LogP contribution in [0.15, 0.2) is 0 Å². The molecule has 0 aromatic rings. The van der Waals surface area contributed by atoms with E-state index in [0.717, 1.165) is 32.4 Å². The highest BCUT2D eigenvalue weighted by Gasteiger charge is 2.39. The molecule has 0 aromatic carbocycles. The molecule has 1 saturated carbocycles. The van der Waals surface area contributed by atoms with Gasteiger partial charge in [-0.25, -0.2) is 8.42 Å². The molecule has 1 heterocycles. The summed E-state index contributed by atoms with van der Waals surface area (Å²) in [7, 11) is -1.32. The van der Waals surface area contributed by atoms with E-state index in [4.69, 9.17) is 0 Å². The second-order valence-electron chi connectivity index (χ2n) is 5.52. The molecule has 1 saturated heterocycles. The normalized spacial score (nSPS) is 29.7. The van der Waals surface area contributed by atoms with Crippen LogP contribution in [-0.2, 0) is 14.6 Å². The number of hydrogen-bond acceptors (Lipinski definition) is 4. The molecule has 2 aliphatic rings. The number of nitrogens with zero attached hydrogens (tertiary/aromatic N) is 1. The average molecular weight is 274 g/mol. The van der Waals surface area contributed by atoms with Crippen LogP contribution in [0.25, 0.3) is 0 Å². The molecular weight excluding hydrogens is 252 g/mol. The van der Waals surface area contributed by atoms with Gasteiger partial charge in [0.05, 0.1) is 11.2 Å². The van der Waals surface area contributed by atoms with Gasteiger partial charge >= 0.3 is 0 Å². The Kier molecular flexibility index (Phi) is 3.96. The van der Waals surface area contributed by atoms with Gasteiger partial charge in [0.1, 0.15) is 0 Å². The van der Waals surface area contributed by atoms with Crippen molar-refractivity contribution in [2.24, 2.45) is 5.92 Å². The van der Waals surface area contributed by atoms with Gasteiger partial charge in [-0.05, 0) is 12.8 Å². The van der Waals surface area contributed by atoms with Crippen molar-refractivity contribution in [3.8, 4) is 0 Å². The van der Waals surface area contributed by atoms with Gasteiger partial charge in [0.2, 0.25) is 5.91 Å². The van der Waals surface area contributed by atoms with Gasteiger partial charge in [-0.3, -0.25) is 4.79 Å². The minimum absolute atomic E-state index is 0.0390. The summed E-state index contributed by atoms with van der Waals surface area (Å²) in [5, 5.41) is 2.69. The van der Waals surface area contributed by atoms with Crippen LogP contribution in [-0.4, -0.2) is 56.9 Å². The number of rotatable bonds is 3. The number of carbonyl (C=O) groups is 1. The zero-order valence-corrected chi connectivity index (χ0v) is 11.9. The second kappa shape index (κ2) is 5.17. The summed E-state index contributed by atoms with van der Waals surface area (Å²) in [4.78, 5) is 13.9. The lowest BCUT2D eigenvalue weighted by Gasteiger charge is -2.40. The van der Waals surface area contributed by atoms with Crippen LogP contribution in [0, 0.1) is 5.92 Å². The molecule has 1 N–H and O–H groups in total. The first-order valence-electron chi connectivity index (χ1n) is 6.57. The molecule has 0 bridgehead atoms. The van der Waals surface area contributed by atoms with Crippen molar-refractivity contribution < 1.29 is 13.2 Å². The van der Waals surface area contributed by atoms with E-state index < -0.39 is 9.84 Å². The van der Waals surface area contributed by atoms with E-state index in [1.807, 2.05) is 0 Å². The highest BCUT2D eigenvalue weighted by molar-refractivity contribution is 7.91. The monoisotopic (exact) mass is 274 g/mol. The molecule has 18 heavy (non-hydrogen) atoms. The Hall–Kier alpha value is -0.620. The van der Waals surface area contributed by atoms with Crippen molar-refractivity contribution in [2.75, 3.05) is 26.4 Å². The molecule has 1 aliphatic heterocycles. The Morgan fingerprint density at radius 1 is 1.22 bits per heavy atom. The predicted octanol–water partition coefficient (Wildman–Crippen LogP) is 0.0200. The van der Waals surface area contributed by atoms with Crippen molar-refractivity contribution >= 4 is 15.7 Å². The molecule has 1 aliphatic carbocycles. The van der Waals surface area contributed by atoms with Crippen LogP contribution in [0.1, 0.15) is 25.7 Å². The molecule has 104 valence electrons. The average Bonchev–Trinajstić information content (AvgIpc) is 2.24. The van der Waals surface area contributed by atoms with E-state index in [1.54, 1.807) is 11.9 Å². The molecule has 0 aromatic heterocycles. The van der Waals surface area contributed by atoms with E-state index in [2.05, 4.69) is 5.32 Å². The number of sulfone groups is 1. The summed E-state index contributed by atoms with van der Waals surface area (Å²) in [5.41, 5.74) is 0. The second-order valence-corrected chi connectivity index (χ2v) is 7.79. The maximum absolute atomic E-state index is 12.2. The van der Waals surface area contributed by atoms with Crippen LogP contribution in [0.2, 0.25) is 0 Å². The summed E-state index contributed by atoms with van der Waals surface area (Å²) in [6.45, 7) is 1.44. The SMILES string of the molecule is CN(C(=O)C1CNC1)C1CCCCC1S(C)(=O)=O. The fourth-order valence-electron chi connectivity index (χ4n) is 2.93. The number of nitrogens with one attached hydrogen (secondary N) is 1. The first kappa shape index (κ1) is 13.8. The Bertz CT molecular complexity index is 417. The quantitative estimate of drug-likeness (QED) is 0.788. The fraction of sp³-hybridized carbons (Fsp3) is 0.917. The van der Waals surface area contributed by atoms with E-state index in [-0.39, 0.29) is 23.1 Å². The van der Waals surface area contributed by atoms with Crippen LogP contribution in [0.5, 0.6) is 0 Å². The van der Waals surface area contributed by atoms with Gasteiger partial charge in [0, 0.05) is 32.4 Å². The van der Waals surface area contributed by atoms with Crippen molar-refractivity contribution in [1.29, 1.82) is 0 Å².